The fourth-order valence-corrected chi connectivity index (χ4v) is 2.93. The van der Waals surface area contributed by atoms with Gasteiger partial charge in [-0.3, -0.25) is 14.5 Å². The molecule has 0 bridgehead atoms. The van der Waals surface area contributed by atoms with Gasteiger partial charge in [0.1, 0.15) is 0 Å². The minimum Gasteiger partial charge on any atom is -0.350 e. The van der Waals surface area contributed by atoms with Crippen LogP contribution in [0.4, 0.5) is 0 Å². The average molecular weight is 388 g/mol. The van der Waals surface area contributed by atoms with Crippen LogP contribution < -0.4 is 10.6 Å². The highest BCUT2D eigenvalue weighted by molar-refractivity contribution is 6.35. The summed E-state index contributed by atoms with van der Waals surface area (Å²) in [5.74, 6) is -0.264. The van der Waals surface area contributed by atoms with E-state index < -0.39 is 0 Å². The van der Waals surface area contributed by atoms with Gasteiger partial charge in [-0.15, -0.1) is 0 Å². The number of carbonyl (C=O) groups is 2. The first-order valence-corrected chi connectivity index (χ1v) is 9.05. The Balaban J connectivity index is 2.59. The van der Waals surface area contributed by atoms with Crippen molar-refractivity contribution in [2.24, 2.45) is 0 Å². The molecule has 0 aliphatic rings. The van der Waals surface area contributed by atoms with E-state index in [-0.39, 0.29) is 36.5 Å². The monoisotopic (exact) mass is 387 g/mol. The molecule has 1 atom stereocenters. The number of likely N-dealkylation sites (N-methyl/N-ethyl adjacent to an activating group) is 1. The lowest BCUT2D eigenvalue weighted by atomic mass is 10.1. The van der Waals surface area contributed by atoms with Gasteiger partial charge in [0.25, 0.3) is 0 Å². The topological polar surface area (TPSA) is 61.4 Å². The summed E-state index contributed by atoms with van der Waals surface area (Å²) in [6, 6.07) is 4.93. The van der Waals surface area contributed by atoms with Crippen LogP contribution in [0.15, 0.2) is 18.2 Å². The molecule has 0 saturated carbocycles. The van der Waals surface area contributed by atoms with E-state index in [0.717, 1.165) is 5.56 Å². The Morgan fingerprint density at radius 3 is 2.28 bits per heavy atom. The minimum absolute atomic E-state index is 0.101. The third kappa shape index (κ3) is 8.08. The quantitative estimate of drug-likeness (QED) is 0.753. The van der Waals surface area contributed by atoms with E-state index in [1.165, 1.54) is 0 Å². The molecule has 140 valence electrons. The van der Waals surface area contributed by atoms with Crippen LogP contribution in [0, 0.1) is 0 Å². The number of amides is 2. The van der Waals surface area contributed by atoms with Gasteiger partial charge in [0.05, 0.1) is 19.1 Å². The van der Waals surface area contributed by atoms with Crippen molar-refractivity contribution in [3.8, 4) is 0 Å². The number of hydrogen-bond donors (Lipinski definition) is 2. The Kier molecular flexibility index (Phi) is 8.19. The first-order valence-electron chi connectivity index (χ1n) is 8.29. The van der Waals surface area contributed by atoms with Gasteiger partial charge in [-0.2, -0.15) is 0 Å². The lowest BCUT2D eigenvalue weighted by Crippen LogP contribution is -2.48. The molecule has 25 heavy (non-hydrogen) atoms. The number of benzene rings is 1. The van der Waals surface area contributed by atoms with Crippen LogP contribution in [-0.2, 0) is 9.59 Å². The van der Waals surface area contributed by atoms with Crippen molar-refractivity contribution in [1.82, 2.24) is 15.5 Å². The van der Waals surface area contributed by atoms with Crippen LogP contribution in [0.1, 0.15) is 46.2 Å². The van der Waals surface area contributed by atoms with E-state index in [1.54, 1.807) is 23.1 Å². The largest absolute Gasteiger partial charge is 0.350 e. The van der Waals surface area contributed by atoms with Gasteiger partial charge in [-0.1, -0.05) is 36.2 Å². The Bertz CT molecular complexity index is 615. The molecule has 2 amide bonds. The van der Waals surface area contributed by atoms with Crippen LogP contribution in [-0.4, -0.2) is 41.9 Å². The minimum atomic E-state index is -0.293. The first-order chi connectivity index (χ1) is 11.5. The number of nitrogens with one attached hydrogen (secondary N) is 2. The normalized spacial score (nSPS) is 12.8. The number of nitrogens with zero attached hydrogens (tertiary/aromatic N) is 1. The zero-order valence-electron chi connectivity index (χ0n) is 15.5. The molecule has 1 rings (SSSR count). The van der Waals surface area contributed by atoms with Crippen LogP contribution >= 0.6 is 23.2 Å². The molecule has 0 radical (unpaired) electrons. The molecule has 2 N–H and O–H groups in total. The van der Waals surface area contributed by atoms with Crippen molar-refractivity contribution in [2.75, 3.05) is 19.6 Å². The molecule has 0 fully saturated rings. The Morgan fingerprint density at radius 1 is 1.16 bits per heavy atom. The van der Waals surface area contributed by atoms with Crippen molar-refractivity contribution >= 4 is 35.0 Å². The molecule has 5 nitrogen and oxygen atoms in total. The molecule has 0 aliphatic carbocycles. The molecule has 0 aromatic heterocycles. The second-order valence-corrected chi connectivity index (χ2v) is 7.90. The van der Waals surface area contributed by atoms with E-state index in [0.29, 0.717) is 16.6 Å². The van der Waals surface area contributed by atoms with E-state index >= 15 is 0 Å². The number of hydrogen-bond acceptors (Lipinski definition) is 3. The number of carbonyl (C=O) groups excluding carboxylic acids is 2. The maximum absolute atomic E-state index is 12.3. The second-order valence-electron chi connectivity index (χ2n) is 7.06. The van der Waals surface area contributed by atoms with E-state index in [2.05, 4.69) is 10.6 Å². The second kappa shape index (κ2) is 9.41. The summed E-state index contributed by atoms with van der Waals surface area (Å²) in [6.45, 7) is 10.5. The zero-order chi connectivity index (χ0) is 19.2. The first kappa shape index (κ1) is 21.7. The summed E-state index contributed by atoms with van der Waals surface area (Å²) in [7, 11) is 0. The van der Waals surface area contributed by atoms with E-state index in [9.17, 15) is 9.59 Å². The van der Waals surface area contributed by atoms with Crippen LogP contribution in [0.3, 0.4) is 0 Å². The van der Waals surface area contributed by atoms with Gasteiger partial charge in [-0.05, 0) is 51.9 Å². The Hall–Kier alpha value is -1.30. The molecule has 0 spiro atoms. The van der Waals surface area contributed by atoms with E-state index in [4.69, 9.17) is 23.2 Å². The summed E-state index contributed by atoms with van der Waals surface area (Å²) in [5.41, 5.74) is 0.506. The molecule has 1 aromatic rings. The summed E-state index contributed by atoms with van der Waals surface area (Å²) >= 11 is 12.1. The highest BCUT2D eigenvalue weighted by atomic mass is 35.5. The summed E-state index contributed by atoms with van der Waals surface area (Å²) in [5, 5.41) is 6.86. The smallest absolute Gasteiger partial charge is 0.234 e. The van der Waals surface area contributed by atoms with Crippen LogP contribution in [0.2, 0.25) is 10.0 Å². The van der Waals surface area contributed by atoms with Crippen molar-refractivity contribution in [3.05, 3.63) is 33.8 Å². The van der Waals surface area contributed by atoms with Crippen LogP contribution in [0.25, 0.3) is 0 Å². The molecule has 0 heterocycles. The van der Waals surface area contributed by atoms with Crippen molar-refractivity contribution in [3.63, 3.8) is 0 Å². The molecule has 0 unspecified atom stereocenters. The van der Waals surface area contributed by atoms with Gasteiger partial charge in [-0.25, -0.2) is 0 Å². The highest BCUT2D eigenvalue weighted by Crippen LogP contribution is 2.25. The Morgan fingerprint density at radius 2 is 1.76 bits per heavy atom. The average Bonchev–Trinajstić information content (AvgIpc) is 2.43. The highest BCUT2D eigenvalue weighted by Gasteiger charge is 2.19. The number of halogens is 2. The molecule has 0 saturated heterocycles. The summed E-state index contributed by atoms with van der Waals surface area (Å²) in [4.78, 5) is 26.1. The lowest BCUT2D eigenvalue weighted by molar-refractivity contribution is -0.126. The fraction of sp³-hybridized carbons (Fsp3) is 0.556. The lowest BCUT2D eigenvalue weighted by Gasteiger charge is -2.25. The van der Waals surface area contributed by atoms with Crippen molar-refractivity contribution < 1.29 is 9.59 Å². The van der Waals surface area contributed by atoms with Gasteiger partial charge in [0.15, 0.2) is 0 Å². The third-order valence-electron chi connectivity index (χ3n) is 3.50. The third-order valence-corrected chi connectivity index (χ3v) is 4.06. The van der Waals surface area contributed by atoms with Gasteiger partial charge in [0, 0.05) is 15.6 Å². The van der Waals surface area contributed by atoms with Crippen molar-refractivity contribution in [1.29, 1.82) is 0 Å². The predicted molar refractivity (Wildman–Crippen MR) is 103 cm³/mol. The van der Waals surface area contributed by atoms with E-state index in [1.807, 2.05) is 34.6 Å². The summed E-state index contributed by atoms with van der Waals surface area (Å²) in [6.07, 6.45) is 0. The van der Waals surface area contributed by atoms with Gasteiger partial charge in [0.2, 0.25) is 11.8 Å². The Labute approximate surface area is 160 Å². The number of rotatable bonds is 7. The maximum atomic E-state index is 12.3. The SMILES string of the molecule is CCN(CC(=O)N[C@H](C)c1ccc(Cl)cc1Cl)CC(=O)NC(C)(C)C. The van der Waals surface area contributed by atoms with Gasteiger partial charge < -0.3 is 10.6 Å². The molecular weight excluding hydrogens is 361 g/mol. The van der Waals surface area contributed by atoms with Gasteiger partial charge >= 0.3 is 0 Å². The standard InChI is InChI=1S/C18H27Cl2N3O2/c1-6-23(11-17(25)22-18(3,4)5)10-16(24)21-12(2)14-8-7-13(19)9-15(14)20/h7-9,12H,6,10-11H2,1-5H3,(H,21,24)(H,22,25)/t12-/m1/s1. The maximum Gasteiger partial charge on any atom is 0.234 e. The summed E-state index contributed by atoms with van der Waals surface area (Å²) < 4.78 is 0. The molecule has 7 heteroatoms. The predicted octanol–water partition coefficient (Wildman–Crippen LogP) is 3.41. The molecule has 0 aliphatic heterocycles. The molecular formula is C18H27Cl2N3O2. The van der Waals surface area contributed by atoms with Crippen LogP contribution in [0.5, 0.6) is 0 Å². The van der Waals surface area contributed by atoms with Crippen molar-refractivity contribution in [2.45, 2.75) is 46.2 Å². The zero-order valence-corrected chi connectivity index (χ0v) is 17.0. The fourth-order valence-electron chi connectivity index (χ4n) is 2.36. The molecule has 1 aromatic carbocycles.